The minimum absolute atomic E-state index is 0.769. The molecule has 0 saturated heterocycles. The topological polar surface area (TPSA) is 20.3 Å². The molecule has 0 amide bonds. The molecule has 1 aromatic carbocycles. The number of hydrogen-bond acceptors (Lipinski definition) is 3. The molecule has 0 atom stereocenters. The maximum atomic E-state index is 10.8. The molecule has 1 heterocycles. The molecule has 0 unspecified atom stereocenters. The summed E-state index contributed by atoms with van der Waals surface area (Å²) in [5, 5.41) is 2.11. The van der Waals surface area contributed by atoms with Gasteiger partial charge in [-0.25, -0.2) is 0 Å². The standard InChI is InChI=1S/C15H17NOS/c1-12-10-14(6-5-13(12)11-17)16(2)8-7-15-4-3-9-18-15/h3-6,9-11H,7-8H2,1-2H3. The van der Waals surface area contributed by atoms with E-state index in [1.807, 2.05) is 19.1 Å². The highest BCUT2D eigenvalue weighted by Gasteiger charge is 2.04. The van der Waals surface area contributed by atoms with Crippen molar-refractivity contribution in [3.63, 3.8) is 0 Å². The second-order valence-electron chi connectivity index (χ2n) is 4.41. The van der Waals surface area contributed by atoms with Gasteiger partial charge < -0.3 is 4.90 Å². The minimum atomic E-state index is 0.769. The number of benzene rings is 1. The summed E-state index contributed by atoms with van der Waals surface area (Å²) in [6.07, 6.45) is 1.97. The van der Waals surface area contributed by atoms with Crippen molar-refractivity contribution in [3.8, 4) is 0 Å². The fourth-order valence-electron chi connectivity index (χ4n) is 1.89. The number of nitrogens with zero attached hydrogens (tertiary/aromatic N) is 1. The van der Waals surface area contributed by atoms with Crippen LogP contribution in [0.25, 0.3) is 0 Å². The Labute approximate surface area is 112 Å². The van der Waals surface area contributed by atoms with Crippen LogP contribution in [0, 0.1) is 6.92 Å². The summed E-state index contributed by atoms with van der Waals surface area (Å²) >= 11 is 1.80. The Balaban J connectivity index is 2.02. The van der Waals surface area contributed by atoms with Gasteiger partial charge >= 0.3 is 0 Å². The summed E-state index contributed by atoms with van der Waals surface area (Å²) in [6.45, 7) is 2.96. The van der Waals surface area contributed by atoms with E-state index < -0.39 is 0 Å². The Morgan fingerprint density at radius 1 is 1.33 bits per heavy atom. The molecule has 0 aliphatic rings. The lowest BCUT2D eigenvalue weighted by Crippen LogP contribution is -2.20. The molecule has 2 aromatic rings. The van der Waals surface area contributed by atoms with Crippen molar-refractivity contribution in [2.45, 2.75) is 13.3 Å². The number of hydrogen-bond donors (Lipinski definition) is 0. The SMILES string of the molecule is Cc1cc(N(C)CCc2cccs2)ccc1C=O. The van der Waals surface area contributed by atoms with Crippen LogP contribution in [0.2, 0.25) is 0 Å². The van der Waals surface area contributed by atoms with E-state index in [-0.39, 0.29) is 0 Å². The zero-order valence-electron chi connectivity index (χ0n) is 10.7. The molecule has 0 aliphatic carbocycles. The van der Waals surface area contributed by atoms with Crippen molar-refractivity contribution in [1.82, 2.24) is 0 Å². The van der Waals surface area contributed by atoms with E-state index >= 15 is 0 Å². The molecule has 0 bridgehead atoms. The molecule has 0 spiro atoms. The Kier molecular flexibility index (Phi) is 4.15. The third-order valence-electron chi connectivity index (χ3n) is 3.09. The van der Waals surface area contributed by atoms with Crippen molar-refractivity contribution in [2.24, 2.45) is 0 Å². The molecule has 0 fully saturated rings. The van der Waals surface area contributed by atoms with Gasteiger partial charge in [0.15, 0.2) is 0 Å². The highest BCUT2D eigenvalue weighted by molar-refractivity contribution is 7.09. The van der Waals surface area contributed by atoms with Crippen molar-refractivity contribution in [3.05, 3.63) is 51.7 Å². The monoisotopic (exact) mass is 259 g/mol. The predicted molar refractivity (Wildman–Crippen MR) is 77.9 cm³/mol. The van der Waals surface area contributed by atoms with Crippen LogP contribution in [0.15, 0.2) is 35.7 Å². The van der Waals surface area contributed by atoms with Crippen LogP contribution in [0.5, 0.6) is 0 Å². The second-order valence-corrected chi connectivity index (χ2v) is 5.44. The lowest BCUT2D eigenvalue weighted by atomic mass is 10.1. The maximum absolute atomic E-state index is 10.8. The summed E-state index contributed by atoms with van der Waals surface area (Å²) in [4.78, 5) is 14.4. The van der Waals surface area contributed by atoms with Gasteiger partial charge in [-0.05, 0) is 48.6 Å². The Hall–Kier alpha value is -1.61. The van der Waals surface area contributed by atoms with Crippen LogP contribution < -0.4 is 4.90 Å². The van der Waals surface area contributed by atoms with E-state index in [2.05, 4.69) is 35.5 Å². The normalized spacial score (nSPS) is 10.3. The van der Waals surface area contributed by atoms with Crippen LogP contribution in [0.4, 0.5) is 5.69 Å². The van der Waals surface area contributed by atoms with Gasteiger partial charge in [-0.2, -0.15) is 0 Å². The van der Waals surface area contributed by atoms with Crippen LogP contribution in [-0.2, 0) is 6.42 Å². The van der Waals surface area contributed by atoms with Crippen LogP contribution in [-0.4, -0.2) is 19.9 Å². The van der Waals surface area contributed by atoms with Crippen molar-refractivity contribution < 1.29 is 4.79 Å². The fourth-order valence-corrected chi connectivity index (χ4v) is 2.59. The number of carbonyl (C=O) groups is 1. The molecular formula is C15H17NOS. The average Bonchev–Trinajstić information content (AvgIpc) is 2.89. The average molecular weight is 259 g/mol. The Morgan fingerprint density at radius 2 is 2.17 bits per heavy atom. The molecule has 2 rings (SSSR count). The van der Waals surface area contributed by atoms with E-state index in [4.69, 9.17) is 0 Å². The first-order valence-corrected chi connectivity index (χ1v) is 6.88. The highest BCUT2D eigenvalue weighted by Crippen LogP contribution is 2.18. The van der Waals surface area contributed by atoms with E-state index in [0.29, 0.717) is 0 Å². The van der Waals surface area contributed by atoms with E-state index in [0.717, 1.165) is 36.1 Å². The first-order valence-electron chi connectivity index (χ1n) is 6.00. The third-order valence-corrected chi connectivity index (χ3v) is 4.03. The Bertz CT molecular complexity index is 519. The lowest BCUT2D eigenvalue weighted by molar-refractivity contribution is 0.112. The van der Waals surface area contributed by atoms with Gasteiger partial charge in [-0.3, -0.25) is 4.79 Å². The fraction of sp³-hybridized carbons (Fsp3) is 0.267. The molecule has 2 nitrogen and oxygen atoms in total. The molecule has 0 radical (unpaired) electrons. The van der Waals surface area contributed by atoms with Crippen molar-refractivity contribution >= 4 is 23.3 Å². The van der Waals surface area contributed by atoms with Gasteiger partial charge in [0.25, 0.3) is 0 Å². The number of aldehydes is 1. The summed E-state index contributed by atoms with van der Waals surface area (Å²) in [6, 6.07) is 10.2. The molecule has 94 valence electrons. The van der Waals surface area contributed by atoms with Gasteiger partial charge in [-0.1, -0.05) is 6.07 Å². The second kappa shape index (κ2) is 5.83. The van der Waals surface area contributed by atoms with Crippen LogP contribution in [0.1, 0.15) is 20.8 Å². The molecule has 3 heteroatoms. The first-order chi connectivity index (χ1) is 8.70. The van der Waals surface area contributed by atoms with Crippen molar-refractivity contribution in [1.29, 1.82) is 0 Å². The van der Waals surface area contributed by atoms with Gasteiger partial charge in [-0.15, -0.1) is 11.3 Å². The summed E-state index contributed by atoms with van der Waals surface area (Å²) in [5.41, 5.74) is 2.96. The highest BCUT2D eigenvalue weighted by atomic mass is 32.1. The molecule has 0 saturated carbocycles. The first kappa shape index (κ1) is 12.8. The quantitative estimate of drug-likeness (QED) is 0.765. The van der Waals surface area contributed by atoms with E-state index in [9.17, 15) is 4.79 Å². The number of likely N-dealkylation sites (N-methyl/N-ethyl adjacent to an activating group) is 1. The van der Waals surface area contributed by atoms with Gasteiger partial charge in [0, 0.05) is 29.7 Å². The summed E-state index contributed by atoms with van der Waals surface area (Å²) in [7, 11) is 2.09. The van der Waals surface area contributed by atoms with Crippen LogP contribution in [0.3, 0.4) is 0 Å². The third kappa shape index (κ3) is 2.99. The zero-order valence-corrected chi connectivity index (χ0v) is 11.5. The van der Waals surface area contributed by atoms with E-state index in [1.54, 1.807) is 11.3 Å². The molecule has 0 aliphatic heterocycles. The summed E-state index contributed by atoms with van der Waals surface area (Å²) in [5.74, 6) is 0. The van der Waals surface area contributed by atoms with Crippen molar-refractivity contribution in [2.75, 3.05) is 18.5 Å². The van der Waals surface area contributed by atoms with Gasteiger partial charge in [0.1, 0.15) is 6.29 Å². The van der Waals surface area contributed by atoms with Gasteiger partial charge in [0.2, 0.25) is 0 Å². The number of aryl methyl sites for hydroxylation is 1. The molecule has 0 N–H and O–H groups in total. The molecule has 1 aromatic heterocycles. The summed E-state index contributed by atoms with van der Waals surface area (Å²) < 4.78 is 0. The Morgan fingerprint density at radius 3 is 2.78 bits per heavy atom. The maximum Gasteiger partial charge on any atom is 0.150 e. The predicted octanol–water partition coefficient (Wildman–Crippen LogP) is 3.55. The van der Waals surface area contributed by atoms with Gasteiger partial charge in [0.05, 0.1) is 0 Å². The smallest absolute Gasteiger partial charge is 0.150 e. The largest absolute Gasteiger partial charge is 0.374 e. The lowest BCUT2D eigenvalue weighted by Gasteiger charge is -2.19. The number of rotatable bonds is 5. The molecule has 18 heavy (non-hydrogen) atoms. The zero-order chi connectivity index (χ0) is 13.0. The number of anilines is 1. The molecular weight excluding hydrogens is 242 g/mol. The van der Waals surface area contributed by atoms with Crippen LogP contribution >= 0.6 is 11.3 Å². The minimum Gasteiger partial charge on any atom is -0.374 e. The van der Waals surface area contributed by atoms with E-state index in [1.165, 1.54) is 4.88 Å². The number of carbonyl (C=O) groups excluding carboxylic acids is 1. The number of thiophene rings is 1.